The summed E-state index contributed by atoms with van der Waals surface area (Å²) in [5.41, 5.74) is 6.11. The summed E-state index contributed by atoms with van der Waals surface area (Å²) in [5.74, 6) is 0.527. The van der Waals surface area contributed by atoms with E-state index in [0.717, 1.165) is 0 Å². The van der Waals surface area contributed by atoms with Crippen molar-refractivity contribution < 1.29 is 22.7 Å². The van der Waals surface area contributed by atoms with E-state index in [1.54, 1.807) is 30.3 Å². The number of nitrogens with two attached hydrogens (primary N) is 1. The van der Waals surface area contributed by atoms with Crippen molar-refractivity contribution in [3.05, 3.63) is 72.6 Å². The SMILES string of the molecule is CNC(=O)c1cc(Oc2cccc(NNC(=O)Nc3cccc(S(N)(=O)=O)c3)c2)ccn1. The number of hydrazine groups is 1. The monoisotopic (exact) mass is 456 g/mol. The first-order valence-electron chi connectivity index (χ1n) is 9.16. The third-order valence-electron chi connectivity index (χ3n) is 4.00. The highest BCUT2D eigenvalue weighted by molar-refractivity contribution is 7.89. The van der Waals surface area contributed by atoms with E-state index in [4.69, 9.17) is 9.88 Å². The minimum atomic E-state index is -3.88. The zero-order valence-electron chi connectivity index (χ0n) is 16.8. The summed E-state index contributed by atoms with van der Waals surface area (Å²) in [6.07, 6.45) is 1.46. The van der Waals surface area contributed by atoms with Crippen molar-refractivity contribution in [1.82, 2.24) is 15.7 Å². The van der Waals surface area contributed by atoms with Gasteiger partial charge in [-0.25, -0.2) is 18.4 Å². The van der Waals surface area contributed by atoms with Crippen LogP contribution in [-0.2, 0) is 10.0 Å². The molecule has 3 aromatic rings. The van der Waals surface area contributed by atoms with Gasteiger partial charge >= 0.3 is 6.03 Å². The number of amides is 3. The number of carbonyl (C=O) groups is 2. The van der Waals surface area contributed by atoms with Gasteiger partial charge in [0, 0.05) is 31.1 Å². The zero-order valence-corrected chi connectivity index (χ0v) is 17.6. The fourth-order valence-corrected chi connectivity index (χ4v) is 3.10. The molecule has 0 unspecified atom stereocenters. The Hall–Kier alpha value is -4.16. The number of ether oxygens (including phenoxy) is 1. The minimum Gasteiger partial charge on any atom is -0.457 e. The fourth-order valence-electron chi connectivity index (χ4n) is 2.54. The van der Waals surface area contributed by atoms with Gasteiger partial charge < -0.3 is 15.4 Å². The number of primary sulfonamides is 1. The molecule has 3 rings (SSSR count). The second-order valence-corrected chi connectivity index (χ2v) is 7.92. The van der Waals surface area contributed by atoms with Crippen molar-refractivity contribution in [2.24, 2.45) is 5.14 Å². The molecule has 3 amide bonds. The highest BCUT2D eigenvalue weighted by Gasteiger charge is 2.10. The minimum absolute atomic E-state index is 0.121. The first-order chi connectivity index (χ1) is 15.2. The number of rotatable bonds is 7. The number of nitrogens with zero attached hydrogens (tertiary/aromatic N) is 1. The number of pyridine rings is 1. The van der Waals surface area contributed by atoms with Crippen molar-refractivity contribution in [2.75, 3.05) is 17.8 Å². The molecule has 0 spiro atoms. The second-order valence-electron chi connectivity index (χ2n) is 6.36. The van der Waals surface area contributed by atoms with E-state index in [2.05, 4.69) is 26.5 Å². The quantitative estimate of drug-likeness (QED) is 0.339. The lowest BCUT2D eigenvalue weighted by Crippen LogP contribution is -2.33. The molecule has 6 N–H and O–H groups in total. The van der Waals surface area contributed by atoms with Crippen LogP contribution >= 0.6 is 0 Å². The smallest absolute Gasteiger partial charge is 0.337 e. The number of urea groups is 1. The molecular weight excluding hydrogens is 436 g/mol. The van der Waals surface area contributed by atoms with Crippen LogP contribution in [0.3, 0.4) is 0 Å². The highest BCUT2D eigenvalue weighted by atomic mass is 32.2. The lowest BCUT2D eigenvalue weighted by Gasteiger charge is -2.12. The Morgan fingerprint density at radius 1 is 0.969 bits per heavy atom. The number of sulfonamides is 1. The summed E-state index contributed by atoms with van der Waals surface area (Å²) in [5, 5.41) is 10.1. The van der Waals surface area contributed by atoms with Crippen molar-refractivity contribution in [2.45, 2.75) is 4.90 Å². The van der Waals surface area contributed by atoms with Crippen LogP contribution in [0.1, 0.15) is 10.5 Å². The van der Waals surface area contributed by atoms with Crippen LogP contribution in [0.25, 0.3) is 0 Å². The molecule has 0 saturated heterocycles. The molecular formula is C20H20N6O5S. The van der Waals surface area contributed by atoms with E-state index in [1.165, 1.54) is 43.6 Å². The third-order valence-corrected chi connectivity index (χ3v) is 4.91. The van der Waals surface area contributed by atoms with Crippen molar-refractivity contribution >= 4 is 33.3 Å². The zero-order chi connectivity index (χ0) is 23.1. The molecule has 32 heavy (non-hydrogen) atoms. The van der Waals surface area contributed by atoms with Crippen molar-refractivity contribution in [1.29, 1.82) is 0 Å². The Morgan fingerprint density at radius 3 is 2.44 bits per heavy atom. The lowest BCUT2D eigenvalue weighted by molar-refractivity contribution is 0.0957. The third kappa shape index (κ3) is 6.17. The molecule has 0 atom stereocenters. The first kappa shape index (κ1) is 22.5. The van der Waals surface area contributed by atoms with Gasteiger partial charge in [0.25, 0.3) is 5.91 Å². The molecule has 0 aliphatic carbocycles. The Kier molecular flexibility index (Phi) is 6.87. The summed E-state index contributed by atoms with van der Waals surface area (Å²) >= 11 is 0. The molecule has 12 heteroatoms. The summed E-state index contributed by atoms with van der Waals surface area (Å²) in [7, 11) is -2.38. The van der Waals surface area contributed by atoms with Crippen LogP contribution in [0.5, 0.6) is 11.5 Å². The molecule has 2 aromatic carbocycles. The highest BCUT2D eigenvalue weighted by Crippen LogP contribution is 2.24. The number of benzene rings is 2. The van der Waals surface area contributed by atoms with E-state index in [-0.39, 0.29) is 22.2 Å². The summed E-state index contributed by atoms with van der Waals surface area (Å²) in [6.45, 7) is 0. The van der Waals surface area contributed by atoms with Gasteiger partial charge in [0.2, 0.25) is 10.0 Å². The Morgan fingerprint density at radius 2 is 1.69 bits per heavy atom. The van der Waals surface area contributed by atoms with Crippen molar-refractivity contribution in [3.63, 3.8) is 0 Å². The number of aromatic nitrogens is 1. The Labute approximate surface area is 184 Å². The second kappa shape index (κ2) is 9.76. The molecule has 0 bridgehead atoms. The maximum absolute atomic E-state index is 12.1. The van der Waals surface area contributed by atoms with Crippen LogP contribution in [0.2, 0.25) is 0 Å². The van der Waals surface area contributed by atoms with Crippen LogP contribution in [0.15, 0.2) is 71.8 Å². The average molecular weight is 456 g/mol. The molecule has 0 radical (unpaired) electrons. The molecule has 0 aliphatic rings. The maximum atomic E-state index is 12.1. The lowest BCUT2D eigenvalue weighted by atomic mass is 10.3. The van der Waals surface area contributed by atoms with E-state index in [9.17, 15) is 18.0 Å². The topological polar surface area (TPSA) is 165 Å². The predicted octanol–water partition coefficient (Wildman–Crippen LogP) is 2.03. The summed E-state index contributed by atoms with van der Waals surface area (Å²) in [4.78, 5) is 27.7. The van der Waals surface area contributed by atoms with E-state index < -0.39 is 16.1 Å². The van der Waals surface area contributed by atoms with Gasteiger partial charge in [-0.3, -0.25) is 20.6 Å². The van der Waals surface area contributed by atoms with Gasteiger partial charge in [-0.15, -0.1) is 0 Å². The standard InChI is InChI=1S/C20H20N6O5S/c1-22-19(27)18-12-16(8-9-23-18)31-15-6-2-5-14(10-15)25-26-20(28)24-13-4-3-7-17(11-13)32(21,29)30/h2-12,25H,1H3,(H,22,27)(H2,21,29,30)(H2,24,26,28). The average Bonchev–Trinajstić information content (AvgIpc) is 2.77. The molecule has 11 nitrogen and oxygen atoms in total. The number of hydrogen-bond acceptors (Lipinski definition) is 7. The number of nitrogens with one attached hydrogen (secondary N) is 4. The van der Waals surface area contributed by atoms with E-state index in [0.29, 0.717) is 17.2 Å². The normalized spacial score (nSPS) is 10.7. The van der Waals surface area contributed by atoms with Gasteiger partial charge in [-0.1, -0.05) is 12.1 Å². The fraction of sp³-hybridized carbons (Fsp3) is 0.0500. The molecule has 1 heterocycles. The first-order valence-corrected chi connectivity index (χ1v) is 10.7. The number of anilines is 2. The summed E-state index contributed by atoms with van der Waals surface area (Å²) in [6, 6.07) is 14.7. The van der Waals surface area contributed by atoms with Crippen LogP contribution in [0, 0.1) is 0 Å². The van der Waals surface area contributed by atoms with Crippen molar-refractivity contribution in [3.8, 4) is 11.5 Å². The summed E-state index contributed by atoms with van der Waals surface area (Å²) < 4.78 is 28.6. The maximum Gasteiger partial charge on any atom is 0.337 e. The molecule has 1 aromatic heterocycles. The van der Waals surface area contributed by atoms with Gasteiger partial charge in [0.15, 0.2) is 0 Å². The molecule has 0 saturated carbocycles. The van der Waals surface area contributed by atoms with Gasteiger partial charge in [-0.05, 0) is 36.4 Å². The van der Waals surface area contributed by atoms with Crippen LogP contribution in [-0.4, -0.2) is 32.4 Å². The van der Waals surface area contributed by atoms with E-state index in [1.807, 2.05) is 0 Å². The van der Waals surface area contributed by atoms with Crippen LogP contribution in [0.4, 0.5) is 16.2 Å². The molecule has 166 valence electrons. The Balaban J connectivity index is 1.61. The van der Waals surface area contributed by atoms with Gasteiger partial charge in [0.1, 0.15) is 17.2 Å². The number of hydrogen-bond donors (Lipinski definition) is 5. The Bertz CT molecular complexity index is 1250. The van der Waals surface area contributed by atoms with Crippen LogP contribution < -0.4 is 31.4 Å². The van der Waals surface area contributed by atoms with Gasteiger partial charge in [0.05, 0.1) is 10.6 Å². The largest absolute Gasteiger partial charge is 0.457 e. The molecule has 0 fully saturated rings. The molecule has 0 aliphatic heterocycles. The van der Waals surface area contributed by atoms with E-state index >= 15 is 0 Å². The predicted molar refractivity (Wildman–Crippen MR) is 118 cm³/mol. The number of carbonyl (C=O) groups excluding carboxylic acids is 2. The van der Waals surface area contributed by atoms with Gasteiger partial charge in [-0.2, -0.15) is 0 Å².